The molecule has 0 aromatic rings. The van der Waals surface area contributed by atoms with Crippen molar-refractivity contribution in [3.05, 3.63) is 0 Å². The third-order valence-electron chi connectivity index (χ3n) is 4.28. The summed E-state index contributed by atoms with van der Waals surface area (Å²) in [6, 6.07) is -2.90. The minimum absolute atomic E-state index is 0.448. The minimum atomic E-state index is -4.63. The van der Waals surface area contributed by atoms with Gasteiger partial charge in [-0.05, 0) is 30.2 Å². The summed E-state index contributed by atoms with van der Waals surface area (Å²) < 4.78 is 116. The number of rotatable bonds is 9. The Labute approximate surface area is 149 Å². The average molecular weight is 419 g/mol. The lowest BCUT2D eigenvalue weighted by Gasteiger charge is -2.48. The molecule has 1 nitrogen and oxygen atoms in total. The lowest BCUT2D eigenvalue weighted by molar-refractivity contribution is -0.133. The van der Waals surface area contributed by atoms with Crippen LogP contribution in [0.1, 0.15) is 47.0 Å². The van der Waals surface area contributed by atoms with E-state index in [4.69, 9.17) is 0 Å². The largest absolute Gasteiger partial charge is 0.388 e. The van der Waals surface area contributed by atoms with Gasteiger partial charge in [-0.15, -0.1) is 0 Å². The van der Waals surface area contributed by atoms with Crippen LogP contribution >= 0.6 is 0 Å². The second-order valence-corrected chi connectivity index (χ2v) is 11.6. The Morgan fingerprint density at radius 3 is 0.962 bits per heavy atom. The first-order valence-corrected chi connectivity index (χ1v) is 10.9. The lowest BCUT2D eigenvalue weighted by atomic mass is 10.3. The lowest BCUT2D eigenvalue weighted by Crippen LogP contribution is -2.60. The van der Waals surface area contributed by atoms with Crippen LogP contribution in [0.4, 0.5) is 39.5 Å². The van der Waals surface area contributed by atoms with Crippen molar-refractivity contribution in [2.45, 2.75) is 95.7 Å². The SMILES string of the molecule is CC(C)N(C(C)C)[Si](CCC(F)(F)F)(CCC(F)(F)F)CCC(F)(F)F. The zero-order valence-electron chi connectivity index (χ0n) is 15.2. The summed E-state index contributed by atoms with van der Waals surface area (Å²) in [6.07, 6.45) is -18.0. The summed E-state index contributed by atoms with van der Waals surface area (Å²) >= 11 is 0. The van der Waals surface area contributed by atoms with Crippen molar-refractivity contribution in [1.82, 2.24) is 4.57 Å². The Morgan fingerprint density at radius 1 is 0.577 bits per heavy atom. The summed E-state index contributed by atoms with van der Waals surface area (Å²) in [5.41, 5.74) is 0. The van der Waals surface area contributed by atoms with E-state index in [1.54, 1.807) is 27.7 Å². The molecule has 0 aromatic heterocycles. The van der Waals surface area contributed by atoms with E-state index < -0.39 is 76.2 Å². The van der Waals surface area contributed by atoms with E-state index in [0.717, 1.165) is 0 Å². The van der Waals surface area contributed by atoms with Crippen LogP contribution < -0.4 is 0 Å². The average Bonchev–Trinajstić information content (AvgIpc) is 2.36. The molecule has 0 N–H and O–H groups in total. The highest BCUT2D eigenvalue weighted by molar-refractivity contribution is 6.77. The van der Waals surface area contributed by atoms with Gasteiger partial charge in [0.05, 0.1) is 0 Å². The first-order chi connectivity index (χ1) is 11.4. The molecule has 0 spiro atoms. The number of hydrogen-bond acceptors (Lipinski definition) is 1. The van der Waals surface area contributed by atoms with Gasteiger partial charge >= 0.3 is 18.5 Å². The summed E-state index contributed by atoms with van der Waals surface area (Å²) in [5, 5.41) is 0. The van der Waals surface area contributed by atoms with E-state index in [-0.39, 0.29) is 0 Å². The van der Waals surface area contributed by atoms with Crippen LogP contribution in [-0.2, 0) is 0 Å². The quantitative estimate of drug-likeness (QED) is 0.290. The number of nitrogens with zero attached hydrogens (tertiary/aromatic N) is 1. The summed E-state index contributed by atoms with van der Waals surface area (Å²) in [5.74, 6) is 0. The van der Waals surface area contributed by atoms with Crippen molar-refractivity contribution in [3.63, 3.8) is 0 Å². The van der Waals surface area contributed by atoms with Crippen LogP contribution in [0.25, 0.3) is 0 Å². The predicted molar refractivity (Wildman–Crippen MR) is 84.3 cm³/mol. The topological polar surface area (TPSA) is 3.24 Å². The van der Waals surface area contributed by atoms with Gasteiger partial charge in [-0.3, -0.25) is 0 Å². The number of hydrogen-bond donors (Lipinski definition) is 0. The van der Waals surface area contributed by atoms with Crippen molar-refractivity contribution in [2.24, 2.45) is 0 Å². The molecule has 0 aliphatic rings. The molecule has 0 saturated heterocycles. The Balaban J connectivity index is 5.92. The molecule has 0 fully saturated rings. The van der Waals surface area contributed by atoms with Crippen molar-refractivity contribution in [2.75, 3.05) is 0 Å². The maximum absolute atomic E-state index is 12.8. The second-order valence-electron chi connectivity index (χ2n) is 7.16. The highest BCUT2D eigenvalue weighted by Crippen LogP contribution is 2.41. The third kappa shape index (κ3) is 10.0. The van der Waals surface area contributed by atoms with E-state index in [1.807, 2.05) is 0 Å². The van der Waals surface area contributed by atoms with Gasteiger partial charge in [0.15, 0.2) is 0 Å². The fraction of sp³-hybridized carbons (Fsp3) is 1.00. The fourth-order valence-corrected chi connectivity index (χ4v) is 9.54. The standard InChI is InChI=1S/C15H26F9NSi/c1-11(2)25(12(3)4)26(8-5-13(16,17)18,9-6-14(19,20)21)10-7-15(22,23)24/h11-12H,5-10H2,1-4H3. The number of halogens is 9. The Morgan fingerprint density at radius 2 is 0.808 bits per heavy atom. The molecule has 0 heterocycles. The third-order valence-corrected chi connectivity index (χ3v) is 9.95. The van der Waals surface area contributed by atoms with Crippen LogP contribution in [0, 0.1) is 0 Å². The van der Waals surface area contributed by atoms with E-state index >= 15 is 0 Å². The summed E-state index contributed by atoms with van der Waals surface area (Å²) in [4.78, 5) is 0. The minimum Gasteiger partial charge on any atom is -0.319 e. The molecule has 0 aromatic carbocycles. The first-order valence-electron chi connectivity index (χ1n) is 8.37. The highest BCUT2D eigenvalue weighted by atomic mass is 28.3. The van der Waals surface area contributed by atoms with Crippen LogP contribution in [0.5, 0.6) is 0 Å². The molecular formula is C15H26F9NSi. The van der Waals surface area contributed by atoms with Gasteiger partial charge in [-0.2, -0.15) is 39.5 Å². The Kier molecular flexibility index (Phi) is 9.00. The zero-order chi connectivity index (χ0) is 21.0. The van der Waals surface area contributed by atoms with Gasteiger partial charge < -0.3 is 4.57 Å². The van der Waals surface area contributed by atoms with E-state index in [0.29, 0.717) is 0 Å². The van der Waals surface area contributed by atoms with Crippen LogP contribution in [0.15, 0.2) is 0 Å². The molecule has 0 unspecified atom stereocenters. The van der Waals surface area contributed by atoms with Crippen LogP contribution in [0.2, 0.25) is 18.1 Å². The molecule has 158 valence electrons. The smallest absolute Gasteiger partial charge is 0.319 e. The van der Waals surface area contributed by atoms with Crippen molar-refractivity contribution >= 4 is 8.24 Å². The van der Waals surface area contributed by atoms with Crippen molar-refractivity contribution in [1.29, 1.82) is 0 Å². The van der Waals surface area contributed by atoms with Gasteiger partial charge in [-0.25, -0.2) is 0 Å². The normalized spacial score (nSPS) is 14.8. The van der Waals surface area contributed by atoms with Gasteiger partial charge in [0.25, 0.3) is 0 Å². The van der Waals surface area contributed by atoms with Crippen molar-refractivity contribution in [3.8, 4) is 0 Å². The van der Waals surface area contributed by atoms with Gasteiger partial charge in [0.2, 0.25) is 0 Å². The van der Waals surface area contributed by atoms with Crippen molar-refractivity contribution < 1.29 is 39.5 Å². The molecule has 0 rings (SSSR count). The predicted octanol–water partition coefficient (Wildman–Crippen LogP) is 6.91. The Bertz CT molecular complexity index is 359. The molecule has 0 amide bonds. The van der Waals surface area contributed by atoms with Gasteiger partial charge in [0, 0.05) is 19.3 Å². The highest BCUT2D eigenvalue weighted by Gasteiger charge is 2.48. The van der Waals surface area contributed by atoms with Gasteiger partial charge in [0.1, 0.15) is 8.24 Å². The van der Waals surface area contributed by atoms with Crippen LogP contribution in [-0.4, -0.2) is 43.4 Å². The monoisotopic (exact) mass is 419 g/mol. The van der Waals surface area contributed by atoms with Crippen LogP contribution in [0.3, 0.4) is 0 Å². The second kappa shape index (κ2) is 9.16. The number of alkyl halides is 9. The summed E-state index contributed by atoms with van der Waals surface area (Å²) in [7, 11) is -3.71. The van der Waals surface area contributed by atoms with E-state index in [1.165, 1.54) is 4.57 Å². The molecule has 0 radical (unpaired) electrons. The summed E-state index contributed by atoms with van der Waals surface area (Å²) in [6.45, 7) is 6.38. The first kappa shape index (κ1) is 25.5. The molecular weight excluding hydrogens is 393 g/mol. The molecule has 0 aliphatic heterocycles. The molecule has 11 heteroatoms. The molecule has 0 aliphatic carbocycles. The van der Waals surface area contributed by atoms with E-state index in [2.05, 4.69) is 0 Å². The fourth-order valence-electron chi connectivity index (χ4n) is 3.58. The zero-order valence-corrected chi connectivity index (χ0v) is 16.2. The molecule has 26 heavy (non-hydrogen) atoms. The molecule has 0 atom stereocenters. The van der Waals surface area contributed by atoms with Gasteiger partial charge in [-0.1, -0.05) is 27.7 Å². The molecule has 0 bridgehead atoms. The molecule has 0 saturated carbocycles. The maximum atomic E-state index is 12.8. The Hall–Kier alpha value is -0.453. The maximum Gasteiger partial charge on any atom is 0.388 e. The van der Waals surface area contributed by atoms with E-state index in [9.17, 15) is 39.5 Å².